The fraction of sp³-hybridized carbons (Fsp3) is 0.111. The number of ether oxygens (including phenoxy) is 1. The van der Waals surface area contributed by atoms with Gasteiger partial charge in [0.1, 0.15) is 18.2 Å². The largest absolute Gasteiger partial charge is 0.490 e. The number of nitrogens with zero attached hydrogens (tertiary/aromatic N) is 2. The number of halogens is 1. The molecule has 0 bridgehead atoms. The lowest BCUT2D eigenvalue weighted by Gasteiger charge is -2.25. The van der Waals surface area contributed by atoms with Crippen LogP contribution >= 0.6 is 11.6 Å². The van der Waals surface area contributed by atoms with Crippen LogP contribution in [-0.4, -0.2) is 22.3 Å². The van der Waals surface area contributed by atoms with Crippen molar-refractivity contribution in [3.63, 3.8) is 0 Å². The van der Waals surface area contributed by atoms with Crippen LogP contribution in [0.4, 0.5) is 5.82 Å². The lowest BCUT2D eigenvalue weighted by Crippen LogP contribution is -2.24. The molecule has 2 heterocycles. The topological polar surface area (TPSA) is 56.1 Å². The number of fused-ring (bicyclic) bond motifs is 1. The number of rotatable bonds is 6. The van der Waals surface area contributed by atoms with Gasteiger partial charge < -0.3 is 10.1 Å². The number of hydrogen-bond acceptors (Lipinski definition) is 3. The standard InChI is InChI=1S/C27H22ClN3O2/c1-2-16-33-22-14-10-18(11-15-22)23-17-24(32)29-27-25(23)26(19-8-12-20(28)13-9-19)30-31(27)21-6-4-3-5-7-21/h2-15,23H,1,16-17H2,(H,29,32). The van der Waals surface area contributed by atoms with Crippen LogP contribution in [-0.2, 0) is 4.79 Å². The first-order chi connectivity index (χ1) is 16.1. The van der Waals surface area contributed by atoms with Crippen LogP contribution in [0.1, 0.15) is 23.5 Å². The predicted octanol–water partition coefficient (Wildman–Crippen LogP) is 6.23. The average molecular weight is 456 g/mol. The van der Waals surface area contributed by atoms with E-state index in [9.17, 15) is 4.79 Å². The molecule has 33 heavy (non-hydrogen) atoms. The van der Waals surface area contributed by atoms with Crippen molar-refractivity contribution in [1.29, 1.82) is 0 Å². The molecule has 3 aromatic carbocycles. The predicted molar refractivity (Wildman–Crippen MR) is 131 cm³/mol. The summed E-state index contributed by atoms with van der Waals surface area (Å²) in [6, 6.07) is 25.3. The second-order valence-corrected chi connectivity index (χ2v) is 8.28. The molecular weight excluding hydrogens is 434 g/mol. The summed E-state index contributed by atoms with van der Waals surface area (Å²) in [6.07, 6.45) is 2.04. The molecule has 5 nitrogen and oxygen atoms in total. The van der Waals surface area contributed by atoms with Crippen molar-refractivity contribution in [2.24, 2.45) is 0 Å². The zero-order chi connectivity index (χ0) is 22.8. The van der Waals surface area contributed by atoms with Gasteiger partial charge in [-0.1, -0.05) is 66.7 Å². The maximum absolute atomic E-state index is 12.8. The molecule has 1 amide bonds. The molecule has 0 spiro atoms. The van der Waals surface area contributed by atoms with Crippen molar-refractivity contribution >= 4 is 23.3 Å². The molecule has 6 heteroatoms. The van der Waals surface area contributed by atoms with E-state index in [1.807, 2.05) is 83.5 Å². The number of anilines is 1. The lowest BCUT2D eigenvalue weighted by molar-refractivity contribution is -0.116. The Hall–Kier alpha value is -3.83. The fourth-order valence-electron chi connectivity index (χ4n) is 4.16. The highest BCUT2D eigenvalue weighted by Crippen LogP contribution is 2.44. The first kappa shape index (κ1) is 21.0. The van der Waals surface area contributed by atoms with Gasteiger partial charge >= 0.3 is 0 Å². The molecular formula is C27H22ClN3O2. The molecule has 1 unspecified atom stereocenters. The molecule has 0 fully saturated rings. The first-order valence-corrected chi connectivity index (χ1v) is 11.1. The minimum atomic E-state index is -0.148. The quantitative estimate of drug-likeness (QED) is 0.350. The third-order valence-corrected chi connectivity index (χ3v) is 5.94. The van der Waals surface area contributed by atoms with Crippen LogP contribution in [0.2, 0.25) is 5.02 Å². The molecule has 0 aliphatic carbocycles. The van der Waals surface area contributed by atoms with Gasteiger partial charge in [-0.25, -0.2) is 4.68 Å². The molecule has 0 radical (unpaired) electrons. The summed E-state index contributed by atoms with van der Waals surface area (Å²) in [5, 5.41) is 8.68. The molecule has 1 aromatic heterocycles. The Bertz CT molecular complexity index is 1300. The van der Waals surface area contributed by atoms with Gasteiger partial charge in [0.25, 0.3) is 0 Å². The summed E-state index contributed by atoms with van der Waals surface area (Å²) in [5.74, 6) is 1.26. The summed E-state index contributed by atoms with van der Waals surface area (Å²) >= 11 is 6.14. The number of aromatic nitrogens is 2. The Labute approximate surface area is 197 Å². The number of nitrogens with one attached hydrogen (secondary N) is 1. The van der Waals surface area contributed by atoms with Gasteiger partial charge in [-0.05, 0) is 42.0 Å². The number of benzene rings is 3. The zero-order valence-corrected chi connectivity index (χ0v) is 18.6. The van der Waals surface area contributed by atoms with E-state index < -0.39 is 0 Å². The molecule has 0 saturated carbocycles. The van der Waals surface area contributed by atoms with Crippen molar-refractivity contribution in [3.8, 4) is 22.7 Å². The van der Waals surface area contributed by atoms with Crippen molar-refractivity contribution in [1.82, 2.24) is 9.78 Å². The van der Waals surface area contributed by atoms with Gasteiger partial charge in [0.15, 0.2) is 0 Å². The van der Waals surface area contributed by atoms with Crippen LogP contribution in [0.15, 0.2) is 91.5 Å². The fourth-order valence-corrected chi connectivity index (χ4v) is 4.29. The summed E-state index contributed by atoms with van der Waals surface area (Å²) in [6.45, 7) is 4.13. The summed E-state index contributed by atoms with van der Waals surface area (Å²) in [5.41, 5.74) is 4.66. The van der Waals surface area contributed by atoms with E-state index in [0.717, 1.165) is 33.8 Å². The van der Waals surface area contributed by atoms with E-state index in [1.165, 1.54) is 0 Å². The SMILES string of the molecule is C=CCOc1ccc(C2CC(=O)Nc3c2c(-c2ccc(Cl)cc2)nn3-c2ccccc2)cc1. The monoisotopic (exact) mass is 455 g/mol. The van der Waals surface area contributed by atoms with E-state index in [4.69, 9.17) is 21.4 Å². The van der Waals surface area contributed by atoms with E-state index >= 15 is 0 Å². The summed E-state index contributed by atoms with van der Waals surface area (Å²) in [7, 11) is 0. The van der Waals surface area contributed by atoms with Crippen molar-refractivity contribution < 1.29 is 9.53 Å². The number of carbonyl (C=O) groups excluding carboxylic acids is 1. The van der Waals surface area contributed by atoms with Crippen LogP contribution in [0.25, 0.3) is 16.9 Å². The highest BCUT2D eigenvalue weighted by atomic mass is 35.5. The highest BCUT2D eigenvalue weighted by molar-refractivity contribution is 6.30. The molecule has 1 aliphatic heterocycles. The third kappa shape index (κ3) is 4.15. The van der Waals surface area contributed by atoms with Crippen molar-refractivity contribution in [2.45, 2.75) is 12.3 Å². The van der Waals surface area contributed by atoms with E-state index in [-0.39, 0.29) is 11.8 Å². The van der Waals surface area contributed by atoms with E-state index in [0.29, 0.717) is 23.9 Å². The minimum absolute atomic E-state index is 0.0424. The van der Waals surface area contributed by atoms with Crippen LogP contribution in [0.3, 0.4) is 0 Å². The van der Waals surface area contributed by atoms with Gasteiger partial charge in [0, 0.05) is 28.5 Å². The molecule has 5 rings (SSSR count). The Morgan fingerprint density at radius 1 is 1.06 bits per heavy atom. The smallest absolute Gasteiger partial charge is 0.226 e. The van der Waals surface area contributed by atoms with Gasteiger partial charge in [-0.15, -0.1) is 0 Å². The summed E-state index contributed by atoms with van der Waals surface area (Å²) < 4.78 is 7.44. The lowest BCUT2D eigenvalue weighted by atomic mass is 9.84. The molecule has 1 atom stereocenters. The molecule has 1 aliphatic rings. The highest BCUT2D eigenvalue weighted by Gasteiger charge is 2.34. The Kier molecular flexibility index (Phi) is 5.71. The second kappa shape index (κ2) is 8.96. The van der Waals surface area contributed by atoms with Crippen LogP contribution in [0, 0.1) is 0 Å². The van der Waals surface area contributed by atoms with Crippen molar-refractivity contribution in [2.75, 3.05) is 11.9 Å². The Morgan fingerprint density at radius 2 is 1.79 bits per heavy atom. The zero-order valence-electron chi connectivity index (χ0n) is 17.9. The van der Waals surface area contributed by atoms with Crippen molar-refractivity contribution in [3.05, 3.63) is 108 Å². The van der Waals surface area contributed by atoms with Gasteiger partial charge in [-0.3, -0.25) is 4.79 Å². The normalized spacial score (nSPS) is 14.9. The molecule has 4 aromatic rings. The number of hydrogen-bond donors (Lipinski definition) is 1. The van der Waals surface area contributed by atoms with E-state index in [2.05, 4.69) is 11.9 Å². The molecule has 0 saturated heterocycles. The van der Waals surface area contributed by atoms with Gasteiger partial charge in [0.05, 0.1) is 11.4 Å². The Balaban J connectivity index is 1.67. The van der Waals surface area contributed by atoms with Crippen LogP contribution < -0.4 is 10.1 Å². The maximum atomic E-state index is 12.8. The number of amides is 1. The van der Waals surface area contributed by atoms with Gasteiger partial charge in [-0.2, -0.15) is 5.10 Å². The summed E-state index contributed by atoms with van der Waals surface area (Å²) in [4.78, 5) is 12.8. The number of carbonyl (C=O) groups is 1. The Morgan fingerprint density at radius 3 is 2.48 bits per heavy atom. The minimum Gasteiger partial charge on any atom is -0.490 e. The maximum Gasteiger partial charge on any atom is 0.226 e. The first-order valence-electron chi connectivity index (χ1n) is 10.7. The number of para-hydroxylation sites is 1. The van der Waals surface area contributed by atoms with E-state index in [1.54, 1.807) is 6.08 Å². The molecule has 1 N–H and O–H groups in total. The van der Waals surface area contributed by atoms with Crippen LogP contribution in [0.5, 0.6) is 5.75 Å². The average Bonchev–Trinajstić information content (AvgIpc) is 3.23. The molecule has 164 valence electrons. The van der Waals surface area contributed by atoms with Gasteiger partial charge in [0.2, 0.25) is 5.91 Å². The second-order valence-electron chi connectivity index (χ2n) is 7.84. The third-order valence-electron chi connectivity index (χ3n) is 5.69.